The number of nitrogens with one attached hydrogen (secondary N) is 3. The molecule has 0 aromatic carbocycles. The van der Waals surface area contributed by atoms with Crippen molar-refractivity contribution in [2.75, 3.05) is 39.9 Å². The van der Waals surface area contributed by atoms with Gasteiger partial charge in [-0.15, -0.1) is 12.4 Å². The smallest absolute Gasteiger partial charge is 0.234 e. The summed E-state index contributed by atoms with van der Waals surface area (Å²) in [5.41, 5.74) is -0.397. The van der Waals surface area contributed by atoms with Gasteiger partial charge in [0.2, 0.25) is 11.8 Å². The second-order valence-electron chi connectivity index (χ2n) is 5.03. The van der Waals surface area contributed by atoms with Gasteiger partial charge in [0.25, 0.3) is 0 Å². The number of amides is 2. The van der Waals surface area contributed by atoms with Gasteiger partial charge in [0.05, 0.1) is 13.2 Å². The molecule has 3 N–H and O–H groups in total. The maximum absolute atomic E-state index is 11.5. The fourth-order valence-corrected chi connectivity index (χ4v) is 1.08. The Hall–Kier alpha value is -0.850. The number of methoxy groups -OCH3 is 1. The number of ether oxygens (including phenoxy) is 1. The Bertz CT molecular complexity index is 267. The van der Waals surface area contributed by atoms with Crippen LogP contribution in [0.5, 0.6) is 0 Å². The highest BCUT2D eigenvalue weighted by atomic mass is 35.5. The lowest BCUT2D eigenvalue weighted by atomic mass is 9.96. The largest absolute Gasteiger partial charge is 0.383 e. The van der Waals surface area contributed by atoms with E-state index in [1.807, 2.05) is 20.8 Å². The molecule has 6 nitrogen and oxygen atoms in total. The van der Waals surface area contributed by atoms with E-state index in [-0.39, 0.29) is 30.8 Å². The molecular weight excluding hydrogens is 270 g/mol. The van der Waals surface area contributed by atoms with Crippen LogP contribution in [0.25, 0.3) is 0 Å². The fourth-order valence-electron chi connectivity index (χ4n) is 1.08. The molecule has 0 saturated carbocycles. The molecule has 0 atom stereocenters. The van der Waals surface area contributed by atoms with Gasteiger partial charge >= 0.3 is 0 Å². The zero-order chi connectivity index (χ0) is 14.0. The molecule has 0 unspecified atom stereocenters. The predicted octanol–water partition coefficient (Wildman–Crippen LogP) is -0.0773. The second kappa shape index (κ2) is 11.0. The molecule has 0 aliphatic heterocycles. The van der Waals surface area contributed by atoms with Gasteiger partial charge in [-0.1, -0.05) is 20.8 Å². The van der Waals surface area contributed by atoms with Crippen LogP contribution in [0.3, 0.4) is 0 Å². The Morgan fingerprint density at radius 3 is 2.16 bits per heavy atom. The maximum Gasteiger partial charge on any atom is 0.234 e. The van der Waals surface area contributed by atoms with Crippen molar-refractivity contribution in [3.63, 3.8) is 0 Å². The van der Waals surface area contributed by atoms with E-state index in [9.17, 15) is 9.59 Å². The van der Waals surface area contributed by atoms with Crippen molar-refractivity contribution in [1.82, 2.24) is 16.0 Å². The van der Waals surface area contributed by atoms with Gasteiger partial charge in [0, 0.05) is 32.2 Å². The van der Waals surface area contributed by atoms with Crippen LogP contribution >= 0.6 is 12.4 Å². The Morgan fingerprint density at radius 2 is 1.63 bits per heavy atom. The molecule has 19 heavy (non-hydrogen) atoms. The lowest BCUT2D eigenvalue weighted by molar-refractivity contribution is -0.128. The molecule has 114 valence electrons. The summed E-state index contributed by atoms with van der Waals surface area (Å²) in [5, 5.41) is 8.41. The van der Waals surface area contributed by atoms with Gasteiger partial charge in [-0.2, -0.15) is 0 Å². The second-order valence-corrected chi connectivity index (χ2v) is 5.03. The molecule has 0 bridgehead atoms. The molecule has 0 saturated heterocycles. The minimum absolute atomic E-state index is 0. The summed E-state index contributed by atoms with van der Waals surface area (Å²) in [6.45, 7) is 7.91. The quantitative estimate of drug-likeness (QED) is 0.548. The maximum atomic E-state index is 11.5. The first kappa shape index (κ1) is 20.5. The van der Waals surface area contributed by atoms with Gasteiger partial charge in [0.1, 0.15) is 0 Å². The van der Waals surface area contributed by atoms with Gasteiger partial charge in [0.15, 0.2) is 0 Å². The van der Waals surface area contributed by atoms with Gasteiger partial charge in [-0.3, -0.25) is 9.59 Å². The molecule has 2 amide bonds. The minimum atomic E-state index is -0.397. The number of carbonyl (C=O) groups excluding carboxylic acids is 2. The van der Waals surface area contributed by atoms with Crippen LogP contribution in [0.1, 0.15) is 20.8 Å². The van der Waals surface area contributed by atoms with E-state index in [1.165, 1.54) is 0 Å². The highest BCUT2D eigenvalue weighted by molar-refractivity contribution is 5.85. The molecule has 0 aromatic heterocycles. The molecular formula is C12H26ClN3O3. The van der Waals surface area contributed by atoms with Crippen molar-refractivity contribution in [3.8, 4) is 0 Å². The van der Waals surface area contributed by atoms with Crippen LogP contribution in [-0.2, 0) is 14.3 Å². The number of hydrogen-bond donors (Lipinski definition) is 3. The van der Waals surface area contributed by atoms with Crippen molar-refractivity contribution >= 4 is 24.2 Å². The monoisotopic (exact) mass is 295 g/mol. The molecule has 0 spiro atoms. The highest BCUT2D eigenvalue weighted by Gasteiger charge is 2.20. The van der Waals surface area contributed by atoms with E-state index in [1.54, 1.807) is 7.11 Å². The SMILES string of the molecule is COCCNCC(=O)NCCNC(=O)C(C)(C)C.Cl. The van der Waals surface area contributed by atoms with E-state index in [4.69, 9.17) is 4.74 Å². The van der Waals surface area contributed by atoms with E-state index < -0.39 is 5.41 Å². The van der Waals surface area contributed by atoms with Gasteiger partial charge in [-0.05, 0) is 0 Å². The number of rotatable bonds is 8. The van der Waals surface area contributed by atoms with Crippen LogP contribution in [0.4, 0.5) is 0 Å². The summed E-state index contributed by atoms with van der Waals surface area (Å²) in [6.07, 6.45) is 0. The fraction of sp³-hybridized carbons (Fsp3) is 0.833. The molecule has 0 fully saturated rings. The van der Waals surface area contributed by atoms with Crippen molar-refractivity contribution in [2.24, 2.45) is 5.41 Å². The normalized spacial score (nSPS) is 10.5. The molecule has 7 heteroatoms. The Kier molecular flexibility index (Phi) is 11.9. The Labute approximate surface area is 121 Å². The summed E-state index contributed by atoms with van der Waals surface area (Å²) in [5.74, 6) is -0.105. The minimum Gasteiger partial charge on any atom is -0.383 e. The van der Waals surface area contributed by atoms with Crippen LogP contribution in [0, 0.1) is 5.41 Å². The van der Waals surface area contributed by atoms with E-state index in [0.29, 0.717) is 26.2 Å². The molecule has 0 aliphatic rings. The summed E-state index contributed by atoms with van der Waals surface area (Å²) < 4.78 is 4.84. The van der Waals surface area contributed by atoms with Crippen LogP contribution in [0.2, 0.25) is 0 Å². The molecule has 0 rings (SSSR count). The molecule has 0 aliphatic carbocycles. The van der Waals surface area contributed by atoms with Crippen molar-refractivity contribution in [1.29, 1.82) is 0 Å². The molecule has 0 radical (unpaired) electrons. The number of hydrogen-bond acceptors (Lipinski definition) is 4. The number of carbonyl (C=O) groups is 2. The summed E-state index contributed by atoms with van der Waals surface area (Å²) in [4.78, 5) is 22.8. The zero-order valence-electron chi connectivity index (χ0n) is 12.2. The third-order valence-corrected chi connectivity index (χ3v) is 2.18. The zero-order valence-corrected chi connectivity index (χ0v) is 13.0. The Morgan fingerprint density at radius 1 is 1.05 bits per heavy atom. The summed E-state index contributed by atoms with van der Waals surface area (Å²) in [6, 6.07) is 0. The molecule has 0 heterocycles. The highest BCUT2D eigenvalue weighted by Crippen LogP contribution is 2.11. The van der Waals surface area contributed by atoms with Crippen molar-refractivity contribution in [2.45, 2.75) is 20.8 Å². The third-order valence-electron chi connectivity index (χ3n) is 2.18. The summed E-state index contributed by atoms with van der Waals surface area (Å²) in [7, 11) is 1.61. The topological polar surface area (TPSA) is 79.5 Å². The van der Waals surface area contributed by atoms with Crippen LogP contribution in [-0.4, -0.2) is 51.7 Å². The van der Waals surface area contributed by atoms with Gasteiger partial charge < -0.3 is 20.7 Å². The standard InChI is InChI=1S/C12H25N3O3.ClH/c1-12(2,3)11(17)15-6-5-14-10(16)9-13-7-8-18-4;/h13H,5-9H2,1-4H3,(H,14,16)(H,15,17);1H. The van der Waals surface area contributed by atoms with Crippen LogP contribution < -0.4 is 16.0 Å². The van der Waals surface area contributed by atoms with E-state index in [0.717, 1.165) is 0 Å². The van der Waals surface area contributed by atoms with E-state index in [2.05, 4.69) is 16.0 Å². The average Bonchev–Trinajstić information content (AvgIpc) is 2.28. The average molecular weight is 296 g/mol. The lowest BCUT2D eigenvalue weighted by Crippen LogP contribution is -2.42. The summed E-state index contributed by atoms with van der Waals surface area (Å²) >= 11 is 0. The van der Waals surface area contributed by atoms with E-state index >= 15 is 0 Å². The first-order valence-corrected chi connectivity index (χ1v) is 6.12. The first-order chi connectivity index (χ1) is 8.38. The van der Waals surface area contributed by atoms with Crippen molar-refractivity contribution in [3.05, 3.63) is 0 Å². The lowest BCUT2D eigenvalue weighted by Gasteiger charge is -2.17. The van der Waals surface area contributed by atoms with Crippen LogP contribution in [0.15, 0.2) is 0 Å². The predicted molar refractivity (Wildman–Crippen MR) is 77.5 cm³/mol. The molecule has 0 aromatic rings. The first-order valence-electron chi connectivity index (χ1n) is 6.12. The third kappa shape index (κ3) is 11.9. The van der Waals surface area contributed by atoms with Crippen molar-refractivity contribution < 1.29 is 14.3 Å². The van der Waals surface area contributed by atoms with Gasteiger partial charge in [-0.25, -0.2) is 0 Å². The number of halogens is 1. The Balaban J connectivity index is 0.